The topological polar surface area (TPSA) is 21.3 Å². The normalized spacial score (nSPS) is 12.8. The number of methoxy groups -OCH3 is 1. The number of aryl methyl sites for hydroxylation is 1. The fourth-order valence-electron chi connectivity index (χ4n) is 2.09. The van der Waals surface area contributed by atoms with E-state index in [0.717, 1.165) is 23.2 Å². The molecule has 2 nitrogen and oxygen atoms in total. The van der Waals surface area contributed by atoms with Crippen LogP contribution >= 0.6 is 15.9 Å². The second-order valence-corrected chi connectivity index (χ2v) is 5.87. The summed E-state index contributed by atoms with van der Waals surface area (Å²) in [5.41, 5.74) is 2.44. The molecule has 0 heterocycles. The Morgan fingerprint density at radius 1 is 1.33 bits per heavy atom. The molecule has 0 bridgehead atoms. The Labute approximate surface area is 119 Å². The van der Waals surface area contributed by atoms with Crippen molar-refractivity contribution in [1.29, 1.82) is 0 Å². The minimum atomic E-state index is 0.330. The highest BCUT2D eigenvalue weighted by Crippen LogP contribution is 2.34. The Kier molecular flexibility index (Phi) is 6.16. The molecular weight excluding hydrogens is 290 g/mol. The van der Waals surface area contributed by atoms with Gasteiger partial charge in [0, 0.05) is 16.1 Å². The second kappa shape index (κ2) is 7.15. The van der Waals surface area contributed by atoms with Crippen LogP contribution in [0.1, 0.15) is 44.4 Å². The highest BCUT2D eigenvalue weighted by Gasteiger charge is 2.20. The van der Waals surface area contributed by atoms with Gasteiger partial charge in [-0.25, -0.2) is 0 Å². The van der Waals surface area contributed by atoms with Gasteiger partial charge in [-0.05, 0) is 43.5 Å². The van der Waals surface area contributed by atoms with Crippen LogP contribution < -0.4 is 10.1 Å². The van der Waals surface area contributed by atoms with E-state index in [0.29, 0.717) is 12.0 Å². The summed E-state index contributed by atoms with van der Waals surface area (Å²) in [5, 5.41) is 3.61. The third kappa shape index (κ3) is 3.72. The molecule has 3 heteroatoms. The predicted molar refractivity (Wildman–Crippen MR) is 81.3 cm³/mol. The van der Waals surface area contributed by atoms with E-state index in [1.54, 1.807) is 7.11 Å². The van der Waals surface area contributed by atoms with Crippen LogP contribution in [0, 0.1) is 12.8 Å². The van der Waals surface area contributed by atoms with Crippen LogP contribution in [-0.2, 0) is 0 Å². The molecule has 1 unspecified atom stereocenters. The number of nitrogens with one attached hydrogen (secondary N) is 1. The molecule has 1 aromatic carbocycles. The molecule has 0 saturated heterocycles. The van der Waals surface area contributed by atoms with Crippen molar-refractivity contribution in [1.82, 2.24) is 5.32 Å². The van der Waals surface area contributed by atoms with Gasteiger partial charge < -0.3 is 10.1 Å². The number of hydrogen-bond acceptors (Lipinski definition) is 2. The summed E-state index contributed by atoms with van der Waals surface area (Å²) in [6.45, 7) is 9.77. The van der Waals surface area contributed by atoms with E-state index < -0.39 is 0 Å². The minimum absolute atomic E-state index is 0.330. The van der Waals surface area contributed by atoms with Gasteiger partial charge in [-0.1, -0.05) is 36.7 Å². The van der Waals surface area contributed by atoms with Crippen LogP contribution in [0.4, 0.5) is 0 Å². The van der Waals surface area contributed by atoms with Crippen molar-refractivity contribution in [2.45, 2.75) is 40.2 Å². The first-order valence-corrected chi connectivity index (χ1v) is 7.38. The average Bonchev–Trinajstić information content (AvgIpc) is 2.33. The molecule has 0 aromatic heterocycles. The summed E-state index contributed by atoms with van der Waals surface area (Å²) in [6.07, 6.45) is 1.14. The van der Waals surface area contributed by atoms with Crippen LogP contribution in [0.15, 0.2) is 16.6 Å². The third-order valence-corrected chi connectivity index (χ3v) is 3.98. The van der Waals surface area contributed by atoms with Gasteiger partial charge in [0.05, 0.1) is 7.11 Å². The van der Waals surface area contributed by atoms with Gasteiger partial charge in [-0.15, -0.1) is 0 Å². The summed E-state index contributed by atoms with van der Waals surface area (Å²) in [4.78, 5) is 0. The number of hydrogen-bond donors (Lipinski definition) is 1. The Morgan fingerprint density at radius 2 is 2.00 bits per heavy atom. The SMILES string of the molecule is CCCNC(c1cc(Br)c(C)cc1OC)C(C)C. The van der Waals surface area contributed by atoms with Crippen molar-refractivity contribution in [3.05, 3.63) is 27.7 Å². The van der Waals surface area contributed by atoms with Crippen LogP contribution in [0.25, 0.3) is 0 Å². The molecule has 0 aliphatic rings. The van der Waals surface area contributed by atoms with Crippen LogP contribution in [0.5, 0.6) is 5.75 Å². The molecule has 0 radical (unpaired) electrons. The fourth-order valence-corrected chi connectivity index (χ4v) is 2.46. The van der Waals surface area contributed by atoms with Gasteiger partial charge in [0.15, 0.2) is 0 Å². The zero-order valence-electron chi connectivity index (χ0n) is 12.0. The van der Waals surface area contributed by atoms with E-state index in [1.165, 1.54) is 11.1 Å². The Balaban J connectivity index is 3.13. The molecule has 0 amide bonds. The molecule has 1 N–H and O–H groups in total. The minimum Gasteiger partial charge on any atom is -0.496 e. The van der Waals surface area contributed by atoms with E-state index in [-0.39, 0.29) is 0 Å². The quantitative estimate of drug-likeness (QED) is 0.837. The van der Waals surface area contributed by atoms with Gasteiger partial charge in [-0.2, -0.15) is 0 Å². The highest BCUT2D eigenvalue weighted by atomic mass is 79.9. The zero-order chi connectivity index (χ0) is 13.7. The number of halogens is 1. The smallest absolute Gasteiger partial charge is 0.123 e. The number of rotatable bonds is 6. The molecule has 0 fully saturated rings. The molecule has 0 aliphatic heterocycles. The van der Waals surface area contributed by atoms with Crippen molar-refractivity contribution in [3.63, 3.8) is 0 Å². The van der Waals surface area contributed by atoms with Gasteiger partial charge in [-0.3, -0.25) is 0 Å². The fraction of sp³-hybridized carbons (Fsp3) is 0.600. The van der Waals surface area contributed by atoms with E-state index in [2.05, 4.69) is 61.1 Å². The summed E-state index contributed by atoms with van der Waals surface area (Å²) in [5.74, 6) is 1.50. The van der Waals surface area contributed by atoms with E-state index in [4.69, 9.17) is 4.74 Å². The van der Waals surface area contributed by atoms with Crippen LogP contribution in [0.3, 0.4) is 0 Å². The Hall–Kier alpha value is -0.540. The lowest BCUT2D eigenvalue weighted by atomic mass is 9.94. The van der Waals surface area contributed by atoms with Gasteiger partial charge in [0.2, 0.25) is 0 Å². The Morgan fingerprint density at radius 3 is 2.50 bits per heavy atom. The van der Waals surface area contributed by atoms with E-state index >= 15 is 0 Å². The predicted octanol–water partition coefficient (Wildman–Crippen LogP) is 4.46. The molecule has 0 saturated carbocycles. The maximum absolute atomic E-state index is 5.53. The van der Waals surface area contributed by atoms with E-state index in [1.807, 2.05) is 0 Å². The summed E-state index contributed by atoms with van der Waals surface area (Å²) >= 11 is 3.61. The molecule has 102 valence electrons. The first kappa shape index (κ1) is 15.5. The lowest BCUT2D eigenvalue weighted by Crippen LogP contribution is -2.27. The molecule has 1 aromatic rings. The lowest BCUT2D eigenvalue weighted by Gasteiger charge is -2.25. The monoisotopic (exact) mass is 313 g/mol. The molecule has 18 heavy (non-hydrogen) atoms. The lowest BCUT2D eigenvalue weighted by molar-refractivity contribution is 0.370. The molecule has 1 rings (SSSR count). The second-order valence-electron chi connectivity index (χ2n) is 5.02. The molecule has 0 aliphatic carbocycles. The number of ether oxygens (including phenoxy) is 1. The first-order chi connectivity index (χ1) is 8.51. The maximum Gasteiger partial charge on any atom is 0.123 e. The van der Waals surface area contributed by atoms with Gasteiger partial charge in [0.1, 0.15) is 5.75 Å². The number of benzene rings is 1. The first-order valence-electron chi connectivity index (χ1n) is 6.58. The van der Waals surface area contributed by atoms with E-state index in [9.17, 15) is 0 Å². The largest absolute Gasteiger partial charge is 0.496 e. The van der Waals surface area contributed by atoms with Crippen molar-refractivity contribution in [2.24, 2.45) is 5.92 Å². The molecule has 0 spiro atoms. The van der Waals surface area contributed by atoms with Crippen LogP contribution in [0.2, 0.25) is 0 Å². The van der Waals surface area contributed by atoms with Crippen LogP contribution in [-0.4, -0.2) is 13.7 Å². The summed E-state index contributed by atoms with van der Waals surface area (Å²) in [7, 11) is 1.74. The molecule has 1 atom stereocenters. The highest BCUT2D eigenvalue weighted by molar-refractivity contribution is 9.10. The molecular formula is C15H24BrNO. The van der Waals surface area contributed by atoms with Crippen molar-refractivity contribution in [3.8, 4) is 5.75 Å². The third-order valence-electron chi connectivity index (χ3n) is 3.13. The average molecular weight is 314 g/mol. The Bertz CT molecular complexity index is 390. The summed E-state index contributed by atoms with van der Waals surface area (Å²) in [6, 6.07) is 4.61. The van der Waals surface area contributed by atoms with Gasteiger partial charge >= 0.3 is 0 Å². The summed E-state index contributed by atoms with van der Waals surface area (Å²) < 4.78 is 6.67. The van der Waals surface area contributed by atoms with Crippen molar-refractivity contribution < 1.29 is 4.74 Å². The van der Waals surface area contributed by atoms with Gasteiger partial charge in [0.25, 0.3) is 0 Å². The van der Waals surface area contributed by atoms with Crippen molar-refractivity contribution in [2.75, 3.05) is 13.7 Å². The standard InChI is InChI=1S/C15H24BrNO/c1-6-7-17-15(10(2)3)12-9-13(16)11(4)8-14(12)18-5/h8-10,15,17H,6-7H2,1-5H3. The maximum atomic E-state index is 5.53. The zero-order valence-corrected chi connectivity index (χ0v) is 13.6. The van der Waals surface area contributed by atoms with Crippen molar-refractivity contribution >= 4 is 15.9 Å².